The molecule has 0 unspecified atom stereocenters. The molecule has 1 amide bonds. The average Bonchev–Trinajstić information content (AvgIpc) is 3.42. The van der Waals surface area contributed by atoms with Gasteiger partial charge in [0, 0.05) is 44.2 Å². The number of nitrogens with zero attached hydrogens (tertiary/aromatic N) is 4. The minimum absolute atomic E-state index is 0.226. The van der Waals surface area contributed by atoms with E-state index >= 15 is 0 Å². The summed E-state index contributed by atoms with van der Waals surface area (Å²) in [5.41, 5.74) is 1.35. The Morgan fingerprint density at radius 3 is 2.88 bits per heavy atom. The minimum atomic E-state index is -0.226. The molecular weight excluding hydrogens is 336 g/mol. The van der Waals surface area contributed by atoms with Gasteiger partial charge in [0.15, 0.2) is 11.5 Å². The number of ether oxygens (including phenoxy) is 1. The second-order valence-electron chi connectivity index (χ2n) is 6.47. The maximum atomic E-state index is 12.1. The first-order valence-electron chi connectivity index (χ1n) is 8.94. The number of hydrogen-bond donors (Lipinski definition) is 2. The molecule has 1 aliphatic heterocycles. The highest BCUT2D eigenvalue weighted by Gasteiger charge is 2.28. The van der Waals surface area contributed by atoms with Crippen LogP contribution in [0.4, 0.5) is 11.5 Å². The molecule has 1 saturated heterocycles. The van der Waals surface area contributed by atoms with E-state index in [1.54, 1.807) is 12.3 Å². The topological polar surface area (TPSA) is 105 Å². The van der Waals surface area contributed by atoms with E-state index in [2.05, 4.69) is 30.9 Å². The molecule has 0 bridgehead atoms. The van der Waals surface area contributed by atoms with E-state index in [4.69, 9.17) is 9.26 Å². The first kappa shape index (κ1) is 16.8. The monoisotopic (exact) mass is 358 g/mol. The van der Waals surface area contributed by atoms with Crippen LogP contribution >= 0.6 is 0 Å². The quantitative estimate of drug-likeness (QED) is 0.707. The van der Waals surface area contributed by atoms with E-state index in [-0.39, 0.29) is 5.91 Å². The van der Waals surface area contributed by atoms with Crippen LogP contribution in [0, 0.1) is 0 Å². The highest BCUT2D eigenvalue weighted by atomic mass is 16.5. The molecule has 2 fully saturated rings. The van der Waals surface area contributed by atoms with Crippen LogP contribution in [0.5, 0.6) is 0 Å². The summed E-state index contributed by atoms with van der Waals surface area (Å²) >= 11 is 0. The van der Waals surface area contributed by atoms with E-state index < -0.39 is 0 Å². The van der Waals surface area contributed by atoms with Crippen molar-refractivity contribution in [1.82, 2.24) is 20.7 Å². The van der Waals surface area contributed by atoms with Crippen molar-refractivity contribution >= 4 is 17.4 Å². The van der Waals surface area contributed by atoms with E-state index in [1.165, 1.54) is 0 Å². The molecule has 2 N–H and O–H groups in total. The van der Waals surface area contributed by atoms with Crippen LogP contribution in [-0.4, -0.2) is 60.7 Å². The van der Waals surface area contributed by atoms with E-state index in [1.807, 2.05) is 6.07 Å². The Balaban J connectivity index is 1.23. The molecule has 2 aliphatic rings. The highest BCUT2D eigenvalue weighted by molar-refractivity contribution is 5.92. The van der Waals surface area contributed by atoms with Gasteiger partial charge in [-0.05, 0) is 12.8 Å². The Hall–Kier alpha value is -2.68. The smallest absolute Gasteiger partial charge is 0.273 e. The van der Waals surface area contributed by atoms with Gasteiger partial charge >= 0.3 is 0 Å². The normalized spacial score (nSPS) is 17.2. The van der Waals surface area contributed by atoms with Gasteiger partial charge in [-0.25, -0.2) is 0 Å². The van der Waals surface area contributed by atoms with Crippen molar-refractivity contribution in [3.05, 3.63) is 29.8 Å². The molecule has 26 heavy (non-hydrogen) atoms. The molecule has 0 aromatic carbocycles. The van der Waals surface area contributed by atoms with Crippen LogP contribution in [-0.2, 0) is 4.74 Å². The summed E-state index contributed by atoms with van der Waals surface area (Å²) in [5, 5.41) is 17.9. The van der Waals surface area contributed by atoms with Gasteiger partial charge in [0.1, 0.15) is 5.76 Å². The number of aromatic nitrogens is 3. The summed E-state index contributed by atoms with van der Waals surface area (Å²) in [6, 6.07) is 3.69. The fraction of sp³-hybridized carbons (Fsp3) is 0.529. The number of morpholine rings is 1. The van der Waals surface area contributed by atoms with Gasteiger partial charge in [-0.1, -0.05) is 5.16 Å². The second-order valence-corrected chi connectivity index (χ2v) is 6.47. The predicted octanol–water partition coefficient (Wildman–Crippen LogP) is 1.02. The Morgan fingerprint density at radius 2 is 2.08 bits per heavy atom. The predicted molar refractivity (Wildman–Crippen MR) is 94.4 cm³/mol. The van der Waals surface area contributed by atoms with E-state index in [0.29, 0.717) is 30.5 Å². The Bertz CT molecular complexity index is 754. The van der Waals surface area contributed by atoms with Crippen molar-refractivity contribution in [2.24, 2.45) is 0 Å². The lowest BCUT2D eigenvalue weighted by molar-refractivity contribution is 0.0946. The maximum absolute atomic E-state index is 12.1. The summed E-state index contributed by atoms with van der Waals surface area (Å²) in [7, 11) is 0. The van der Waals surface area contributed by atoms with Crippen LogP contribution in [0.25, 0.3) is 0 Å². The number of anilines is 2. The van der Waals surface area contributed by atoms with E-state index in [0.717, 1.165) is 50.6 Å². The molecule has 4 rings (SSSR count). The number of amides is 1. The summed E-state index contributed by atoms with van der Waals surface area (Å²) in [4.78, 5) is 14.3. The highest BCUT2D eigenvalue weighted by Crippen LogP contribution is 2.40. The number of hydrogen-bond acceptors (Lipinski definition) is 8. The van der Waals surface area contributed by atoms with Crippen LogP contribution < -0.4 is 15.5 Å². The number of nitrogens with one attached hydrogen (secondary N) is 2. The van der Waals surface area contributed by atoms with Gasteiger partial charge in [0.25, 0.3) is 5.91 Å². The van der Waals surface area contributed by atoms with Gasteiger partial charge in [0.05, 0.1) is 25.1 Å². The second kappa shape index (κ2) is 7.69. The summed E-state index contributed by atoms with van der Waals surface area (Å²) in [6.45, 7) is 4.14. The SMILES string of the molecule is O=C(NCCNc1cc(N2CCOCC2)cnn1)c1cc(C2CC2)on1. The molecule has 2 aromatic heterocycles. The molecule has 3 heterocycles. The first-order valence-corrected chi connectivity index (χ1v) is 8.94. The van der Waals surface area contributed by atoms with Crippen molar-refractivity contribution in [3.8, 4) is 0 Å². The largest absolute Gasteiger partial charge is 0.378 e. The lowest BCUT2D eigenvalue weighted by Crippen LogP contribution is -2.36. The van der Waals surface area contributed by atoms with Gasteiger partial charge in [-0.15, -0.1) is 5.10 Å². The van der Waals surface area contributed by atoms with E-state index in [9.17, 15) is 4.79 Å². The van der Waals surface area contributed by atoms with Crippen molar-refractivity contribution in [2.75, 3.05) is 49.6 Å². The lowest BCUT2D eigenvalue weighted by Gasteiger charge is -2.28. The van der Waals surface area contributed by atoms with Gasteiger partial charge in [-0.3, -0.25) is 4.79 Å². The van der Waals surface area contributed by atoms with Gasteiger partial charge in [0.2, 0.25) is 0 Å². The van der Waals surface area contributed by atoms with Gasteiger partial charge < -0.3 is 24.8 Å². The number of carbonyl (C=O) groups excluding carboxylic acids is 1. The molecule has 9 nitrogen and oxygen atoms in total. The zero-order chi connectivity index (χ0) is 17.8. The number of carbonyl (C=O) groups is 1. The van der Waals surface area contributed by atoms with Crippen molar-refractivity contribution in [3.63, 3.8) is 0 Å². The molecule has 0 radical (unpaired) electrons. The Labute approximate surface area is 151 Å². The third kappa shape index (κ3) is 4.10. The Morgan fingerprint density at radius 1 is 1.23 bits per heavy atom. The Kier molecular flexibility index (Phi) is 4.96. The van der Waals surface area contributed by atoms with Crippen molar-refractivity contribution < 1.29 is 14.1 Å². The molecule has 0 spiro atoms. The first-order chi connectivity index (χ1) is 12.8. The average molecular weight is 358 g/mol. The van der Waals surface area contributed by atoms with Gasteiger partial charge in [-0.2, -0.15) is 5.10 Å². The maximum Gasteiger partial charge on any atom is 0.273 e. The standard InChI is InChI=1S/C17H22N6O3/c24-17(14-10-15(26-22-14)12-1-2-12)19-4-3-18-16-9-13(11-20-21-16)23-5-7-25-8-6-23/h9-12H,1-8H2,(H,18,21)(H,19,24). The molecule has 1 saturated carbocycles. The molecule has 138 valence electrons. The summed E-state index contributed by atoms with van der Waals surface area (Å²) < 4.78 is 10.6. The zero-order valence-electron chi connectivity index (χ0n) is 14.5. The van der Waals surface area contributed by atoms with Crippen LogP contribution in [0.15, 0.2) is 22.9 Å². The molecule has 9 heteroatoms. The fourth-order valence-corrected chi connectivity index (χ4v) is 2.85. The zero-order valence-corrected chi connectivity index (χ0v) is 14.5. The summed E-state index contributed by atoms with van der Waals surface area (Å²) in [6.07, 6.45) is 3.98. The summed E-state index contributed by atoms with van der Waals surface area (Å²) in [5.74, 6) is 1.71. The lowest BCUT2D eigenvalue weighted by atomic mass is 10.3. The van der Waals surface area contributed by atoms with Crippen molar-refractivity contribution in [2.45, 2.75) is 18.8 Å². The molecule has 2 aromatic rings. The minimum Gasteiger partial charge on any atom is -0.378 e. The van der Waals surface area contributed by atoms with Crippen molar-refractivity contribution in [1.29, 1.82) is 0 Å². The third-order valence-electron chi connectivity index (χ3n) is 4.47. The fourth-order valence-electron chi connectivity index (χ4n) is 2.85. The molecular formula is C17H22N6O3. The van der Waals surface area contributed by atoms with Crippen LogP contribution in [0.3, 0.4) is 0 Å². The molecule has 1 aliphatic carbocycles. The van der Waals surface area contributed by atoms with Crippen LogP contribution in [0.1, 0.15) is 35.0 Å². The third-order valence-corrected chi connectivity index (χ3v) is 4.47. The van der Waals surface area contributed by atoms with Crippen LogP contribution in [0.2, 0.25) is 0 Å². The number of rotatable bonds is 7. The molecule has 0 atom stereocenters.